The Morgan fingerprint density at radius 3 is 2.29 bits per heavy atom. The van der Waals surface area contributed by atoms with E-state index >= 15 is 0 Å². The van der Waals surface area contributed by atoms with Gasteiger partial charge >= 0.3 is 12.7 Å². The Morgan fingerprint density at radius 1 is 0.976 bits per heavy atom. The van der Waals surface area contributed by atoms with Gasteiger partial charge in [0.2, 0.25) is 0 Å². The fourth-order valence-corrected chi connectivity index (χ4v) is 5.01. The molecule has 0 atom stereocenters. The van der Waals surface area contributed by atoms with Crippen LogP contribution in [-0.2, 0) is 12.7 Å². The normalized spacial score (nSPS) is 14.2. The maximum atomic E-state index is 13.5. The second kappa shape index (κ2) is 12.7. The lowest BCUT2D eigenvalue weighted by atomic mass is 9.84. The fourth-order valence-electron chi connectivity index (χ4n) is 5.01. The number of halogens is 6. The lowest BCUT2D eigenvalue weighted by molar-refractivity contribution is -0.138. The maximum Gasteiger partial charge on any atom is 0.416 e. The summed E-state index contributed by atoms with van der Waals surface area (Å²) in [6.45, 7) is -0.0923. The highest BCUT2D eigenvalue weighted by Crippen LogP contribution is 2.34. The van der Waals surface area contributed by atoms with E-state index in [1.165, 1.54) is 43.3 Å². The molecule has 2 heterocycles. The van der Waals surface area contributed by atoms with Crippen molar-refractivity contribution < 1.29 is 26.3 Å². The van der Waals surface area contributed by atoms with Gasteiger partial charge in [-0.2, -0.15) is 31.7 Å². The van der Waals surface area contributed by atoms with Gasteiger partial charge in [-0.25, -0.2) is 9.07 Å². The number of nitrogens with zero attached hydrogens (tertiary/aromatic N) is 5. The van der Waals surface area contributed by atoms with E-state index in [-0.39, 0.29) is 34.4 Å². The van der Waals surface area contributed by atoms with E-state index in [1.54, 1.807) is 6.07 Å². The molecule has 1 aliphatic carbocycles. The molecule has 0 N–H and O–H groups in total. The quantitative estimate of drug-likeness (QED) is 0.231. The lowest BCUT2D eigenvalue weighted by Crippen LogP contribution is -2.30. The molecule has 0 aliphatic heterocycles. The zero-order chi connectivity index (χ0) is 29.7. The lowest BCUT2D eigenvalue weighted by Gasteiger charge is -2.23. The zero-order valence-electron chi connectivity index (χ0n) is 22.5. The minimum absolute atomic E-state index is 0.0301. The largest absolute Gasteiger partial charge is 0.416 e. The van der Waals surface area contributed by atoms with Gasteiger partial charge in [0.05, 0.1) is 17.8 Å². The van der Waals surface area contributed by atoms with Crippen molar-refractivity contribution in [2.24, 2.45) is 0 Å². The van der Waals surface area contributed by atoms with Crippen LogP contribution in [0, 0.1) is 19.7 Å². The van der Waals surface area contributed by atoms with Crippen molar-refractivity contribution in [3.05, 3.63) is 98.7 Å². The van der Waals surface area contributed by atoms with Gasteiger partial charge in [0.1, 0.15) is 17.2 Å². The predicted molar refractivity (Wildman–Crippen MR) is 141 cm³/mol. The van der Waals surface area contributed by atoms with E-state index < -0.39 is 30.4 Å². The number of alkyl halides is 5. The maximum absolute atomic E-state index is 13.5. The first-order valence-corrected chi connectivity index (χ1v) is 13.2. The van der Waals surface area contributed by atoms with E-state index in [9.17, 15) is 31.1 Å². The van der Waals surface area contributed by atoms with Crippen molar-refractivity contribution in [2.75, 3.05) is 0 Å². The third-order valence-corrected chi connectivity index (χ3v) is 6.96. The van der Waals surface area contributed by atoms with Crippen LogP contribution in [0.25, 0.3) is 11.4 Å². The molecular weight excluding hydrogens is 548 g/mol. The summed E-state index contributed by atoms with van der Waals surface area (Å²) < 4.78 is 81.1. The fraction of sp³-hybridized carbons (Fsp3) is 0.379. The standard InChI is InChI=1S/C22H22F5N5O.C7H7F/c1-13-19(32(21(23)24)30-28-13)18-11-16(14-7-3-2-4-8-14)20(33)31(29-18)12-15-9-5-6-10-17(15)22(25,26)27;1-6-3-2-4-7(8)5-6/h5-6,9-11,14,21H,2-4,7-8,12H2,1H3;2-5H,1H3. The third kappa shape index (κ3) is 7.22. The number of aromatic nitrogens is 5. The first-order chi connectivity index (χ1) is 19.5. The average Bonchev–Trinajstić information content (AvgIpc) is 3.32. The van der Waals surface area contributed by atoms with Crippen molar-refractivity contribution in [1.82, 2.24) is 24.8 Å². The summed E-state index contributed by atoms with van der Waals surface area (Å²) in [4.78, 5) is 13.3. The van der Waals surface area contributed by atoms with Crippen LogP contribution in [0.15, 0.2) is 59.4 Å². The Labute approximate surface area is 232 Å². The SMILES string of the molecule is Cc1cccc(F)c1.Cc1nnn(C(F)F)c1-c1cc(C2CCCCC2)c(=O)n(Cc2ccccc2C(F)(F)F)n1. The molecule has 0 unspecified atom stereocenters. The molecular formula is C29H29F6N5O. The van der Waals surface area contributed by atoms with Gasteiger partial charge in [0.15, 0.2) is 0 Å². The first kappa shape index (κ1) is 30.0. The third-order valence-electron chi connectivity index (χ3n) is 6.96. The molecule has 0 amide bonds. The van der Waals surface area contributed by atoms with Gasteiger partial charge in [-0.1, -0.05) is 54.8 Å². The topological polar surface area (TPSA) is 65.6 Å². The summed E-state index contributed by atoms with van der Waals surface area (Å²) in [5.41, 5.74) is -0.0602. The highest BCUT2D eigenvalue weighted by atomic mass is 19.4. The van der Waals surface area contributed by atoms with Crippen LogP contribution in [0.4, 0.5) is 26.3 Å². The summed E-state index contributed by atoms with van der Waals surface area (Å²) in [7, 11) is 0. The van der Waals surface area contributed by atoms with Crippen LogP contribution in [0.3, 0.4) is 0 Å². The summed E-state index contributed by atoms with van der Waals surface area (Å²) in [6, 6.07) is 12.9. The van der Waals surface area contributed by atoms with Gasteiger partial charge in [-0.3, -0.25) is 4.79 Å². The van der Waals surface area contributed by atoms with Gasteiger partial charge in [-0.05, 0) is 68.0 Å². The van der Waals surface area contributed by atoms with Crippen LogP contribution in [0.5, 0.6) is 0 Å². The summed E-state index contributed by atoms with van der Waals surface area (Å²) in [5.74, 6) is -0.279. The molecule has 2 aromatic carbocycles. The molecule has 4 aromatic rings. The van der Waals surface area contributed by atoms with Gasteiger partial charge in [0.25, 0.3) is 5.56 Å². The molecule has 0 bridgehead atoms. The number of hydrogen-bond donors (Lipinski definition) is 0. The van der Waals surface area contributed by atoms with Gasteiger partial charge in [-0.15, -0.1) is 5.10 Å². The number of hydrogen-bond acceptors (Lipinski definition) is 4. The molecule has 0 saturated heterocycles. The molecule has 1 aliphatic rings. The molecule has 5 rings (SSSR count). The van der Waals surface area contributed by atoms with Crippen molar-refractivity contribution in [3.63, 3.8) is 0 Å². The van der Waals surface area contributed by atoms with E-state index in [1.807, 2.05) is 13.0 Å². The highest BCUT2D eigenvalue weighted by molar-refractivity contribution is 5.57. The van der Waals surface area contributed by atoms with Crippen LogP contribution in [0.2, 0.25) is 0 Å². The van der Waals surface area contributed by atoms with Crippen LogP contribution in [-0.4, -0.2) is 24.8 Å². The number of benzene rings is 2. The van der Waals surface area contributed by atoms with E-state index in [4.69, 9.17) is 0 Å². The second-order valence-electron chi connectivity index (χ2n) is 9.98. The summed E-state index contributed by atoms with van der Waals surface area (Å²) in [5, 5.41) is 11.3. The number of aryl methyl sites for hydroxylation is 2. The Morgan fingerprint density at radius 2 is 1.68 bits per heavy atom. The molecule has 41 heavy (non-hydrogen) atoms. The van der Waals surface area contributed by atoms with E-state index in [0.717, 1.165) is 48.4 Å². The summed E-state index contributed by atoms with van der Waals surface area (Å²) in [6.07, 6.45) is -0.281. The molecule has 12 heteroatoms. The Balaban J connectivity index is 0.000000417. The van der Waals surface area contributed by atoms with Crippen molar-refractivity contribution >= 4 is 0 Å². The highest BCUT2D eigenvalue weighted by Gasteiger charge is 2.33. The summed E-state index contributed by atoms with van der Waals surface area (Å²) >= 11 is 0. The van der Waals surface area contributed by atoms with Crippen molar-refractivity contribution in [2.45, 2.75) is 71.1 Å². The van der Waals surface area contributed by atoms with Gasteiger partial charge in [0, 0.05) is 5.56 Å². The minimum Gasteiger partial charge on any atom is -0.267 e. The molecule has 0 spiro atoms. The molecule has 6 nitrogen and oxygen atoms in total. The molecule has 1 fully saturated rings. The van der Waals surface area contributed by atoms with Crippen molar-refractivity contribution in [3.8, 4) is 11.4 Å². The molecule has 2 aromatic heterocycles. The van der Waals surface area contributed by atoms with Crippen molar-refractivity contribution in [1.29, 1.82) is 0 Å². The predicted octanol–water partition coefficient (Wildman–Crippen LogP) is 7.45. The molecule has 0 radical (unpaired) electrons. The van der Waals surface area contributed by atoms with Crippen LogP contribution in [0.1, 0.15) is 72.5 Å². The minimum atomic E-state index is -4.61. The Kier molecular flexibility index (Phi) is 9.29. The van der Waals surface area contributed by atoms with Crippen LogP contribution < -0.4 is 5.56 Å². The van der Waals surface area contributed by atoms with Gasteiger partial charge < -0.3 is 0 Å². The van der Waals surface area contributed by atoms with E-state index in [0.29, 0.717) is 10.2 Å². The number of rotatable bonds is 5. The Hall–Kier alpha value is -3.96. The first-order valence-electron chi connectivity index (χ1n) is 13.2. The second-order valence-corrected chi connectivity index (χ2v) is 9.98. The molecule has 218 valence electrons. The monoisotopic (exact) mass is 577 g/mol. The zero-order valence-corrected chi connectivity index (χ0v) is 22.5. The Bertz CT molecular complexity index is 1520. The van der Waals surface area contributed by atoms with E-state index in [2.05, 4.69) is 15.4 Å². The molecule has 1 saturated carbocycles. The average molecular weight is 578 g/mol. The van der Waals surface area contributed by atoms with Crippen LogP contribution >= 0.6 is 0 Å². The smallest absolute Gasteiger partial charge is 0.267 e.